The van der Waals surface area contributed by atoms with Gasteiger partial charge < -0.3 is 30.4 Å². The summed E-state index contributed by atoms with van der Waals surface area (Å²) in [7, 11) is 1.50. The smallest absolute Gasteiger partial charge is 0.493 e. The Balaban J connectivity index is 0.00000420. The molecule has 7 nitrogen and oxygen atoms in total. The minimum absolute atomic E-state index is 0. The van der Waals surface area contributed by atoms with Gasteiger partial charge >= 0.3 is 6.36 Å². The molecule has 0 aliphatic rings. The number of hydrogen-bond donors (Lipinski definition) is 3. The molecule has 0 aliphatic heterocycles. The van der Waals surface area contributed by atoms with E-state index in [2.05, 4.69) is 15.0 Å². The number of anilines is 1. The molecule has 0 saturated carbocycles. The van der Waals surface area contributed by atoms with E-state index in [0.717, 1.165) is 5.56 Å². The first-order valence-electron chi connectivity index (χ1n) is 8.14. The van der Waals surface area contributed by atoms with Crippen LogP contribution in [0.3, 0.4) is 0 Å². The SMILES string of the molecule is COc1cc(CN=C(N)Nc2ccc(OC(F)(F)F)cc2)ccc1OCCO.I. The van der Waals surface area contributed by atoms with Crippen molar-refractivity contribution in [3.05, 3.63) is 48.0 Å². The number of methoxy groups -OCH3 is 1. The van der Waals surface area contributed by atoms with Crippen LogP contribution in [-0.2, 0) is 6.54 Å². The van der Waals surface area contributed by atoms with Crippen molar-refractivity contribution in [2.45, 2.75) is 12.9 Å². The Labute approximate surface area is 182 Å². The Morgan fingerprint density at radius 1 is 1.14 bits per heavy atom. The van der Waals surface area contributed by atoms with Gasteiger partial charge in [0.15, 0.2) is 17.5 Å². The van der Waals surface area contributed by atoms with Gasteiger partial charge in [0.05, 0.1) is 20.3 Å². The number of nitrogens with two attached hydrogens (primary N) is 1. The predicted molar refractivity (Wildman–Crippen MR) is 113 cm³/mol. The summed E-state index contributed by atoms with van der Waals surface area (Å²) in [6, 6.07) is 10.3. The topological polar surface area (TPSA) is 98.3 Å². The molecule has 29 heavy (non-hydrogen) atoms. The van der Waals surface area contributed by atoms with E-state index in [1.165, 1.54) is 31.4 Å². The Morgan fingerprint density at radius 2 is 1.83 bits per heavy atom. The second kappa shape index (κ2) is 11.6. The van der Waals surface area contributed by atoms with Gasteiger partial charge in [-0.05, 0) is 42.0 Å². The molecule has 2 aromatic rings. The number of rotatable bonds is 8. The summed E-state index contributed by atoms with van der Waals surface area (Å²) in [6.07, 6.45) is -4.74. The standard InChI is InChI=1S/C18H20F3N3O4.HI/c1-26-16-10-12(2-7-15(16)27-9-8-25)11-23-17(22)24-13-3-5-14(6-4-13)28-18(19,20)21;/h2-7,10,25H,8-9,11H2,1H3,(H3,22,23,24);1H. The van der Waals surface area contributed by atoms with Gasteiger partial charge in [0, 0.05) is 5.69 Å². The van der Waals surface area contributed by atoms with Crippen molar-refractivity contribution in [2.75, 3.05) is 25.6 Å². The van der Waals surface area contributed by atoms with E-state index in [9.17, 15) is 13.2 Å². The van der Waals surface area contributed by atoms with Gasteiger partial charge in [-0.25, -0.2) is 4.99 Å². The summed E-state index contributed by atoms with van der Waals surface area (Å²) >= 11 is 0. The Hall–Kier alpha value is -2.41. The molecule has 0 fully saturated rings. The Bertz CT molecular complexity index is 802. The van der Waals surface area contributed by atoms with Gasteiger partial charge in [-0.2, -0.15) is 0 Å². The van der Waals surface area contributed by atoms with Crippen LogP contribution in [0.25, 0.3) is 0 Å². The Kier molecular flexibility index (Phi) is 9.81. The van der Waals surface area contributed by atoms with Crippen molar-refractivity contribution in [3.63, 3.8) is 0 Å². The molecule has 0 saturated heterocycles. The first kappa shape index (κ1) is 24.6. The number of nitrogens with one attached hydrogen (secondary N) is 1. The van der Waals surface area contributed by atoms with Crippen LogP contribution < -0.4 is 25.3 Å². The van der Waals surface area contributed by atoms with Crippen LogP contribution in [-0.4, -0.2) is 37.8 Å². The summed E-state index contributed by atoms with van der Waals surface area (Å²) in [4.78, 5) is 4.17. The van der Waals surface area contributed by atoms with Gasteiger partial charge in [0.25, 0.3) is 0 Å². The quantitative estimate of drug-likeness (QED) is 0.276. The van der Waals surface area contributed by atoms with E-state index >= 15 is 0 Å². The highest BCUT2D eigenvalue weighted by molar-refractivity contribution is 14.0. The van der Waals surface area contributed by atoms with Gasteiger partial charge in [-0.3, -0.25) is 0 Å². The highest BCUT2D eigenvalue weighted by Gasteiger charge is 2.30. The normalized spacial score (nSPS) is 11.4. The number of benzene rings is 2. The lowest BCUT2D eigenvalue weighted by molar-refractivity contribution is -0.274. The molecule has 0 radical (unpaired) electrons. The van der Waals surface area contributed by atoms with Crippen molar-refractivity contribution in [2.24, 2.45) is 10.7 Å². The molecule has 11 heteroatoms. The van der Waals surface area contributed by atoms with E-state index in [4.69, 9.17) is 20.3 Å². The molecule has 4 N–H and O–H groups in total. The van der Waals surface area contributed by atoms with E-state index in [0.29, 0.717) is 17.2 Å². The van der Waals surface area contributed by atoms with Crippen LogP contribution in [0.2, 0.25) is 0 Å². The second-order valence-corrected chi connectivity index (χ2v) is 5.46. The van der Waals surface area contributed by atoms with Crippen LogP contribution in [0.15, 0.2) is 47.5 Å². The third kappa shape index (κ3) is 8.64. The molecular formula is C18H21F3IN3O4. The van der Waals surface area contributed by atoms with Crippen LogP contribution in [0, 0.1) is 0 Å². The van der Waals surface area contributed by atoms with Gasteiger partial charge in [0.2, 0.25) is 0 Å². The zero-order valence-corrected chi connectivity index (χ0v) is 17.7. The zero-order valence-electron chi connectivity index (χ0n) is 15.4. The lowest BCUT2D eigenvalue weighted by Crippen LogP contribution is -2.22. The molecule has 0 aromatic heterocycles. The van der Waals surface area contributed by atoms with E-state index < -0.39 is 6.36 Å². The minimum Gasteiger partial charge on any atom is -0.493 e. The number of aliphatic hydroxyl groups excluding tert-OH is 1. The largest absolute Gasteiger partial charge is 0.573 e. The van der Waals surface area contributed by atoms with Crippen molar-refractivity contribution in [3.8, 4) is 17.2 Å². The molecule has 2 rings (SSSR count). The van der Waals surface area contributed by atoms with E-state index in [1.54, 1.807) is 18.2 Å². The van der Waals surface area contributed by atoms with Crippen LogP contribution >= 0.6 is 24.0 Å². The third-order valence-corrected chi connectivity index (χ3v) is 3.37. The van der Waals surface area contributed by atoms with Crippen molar-refractivity contribution in [1.82, 2.24) is 0 Å². The molecule has 0 atom stereocenters. The molecule has 0 amide bonds. The highest BCUT2D eigenvalue weighted by Crippen LogP contribution is 2.28. The Morgan fingerprint density at radius 3 is 2.41 bits per heavy atom. The lowest BCUT2D eigenvalue weighted by Gasteiger charge is -2.11. The van der Waals surface area contributed by atoms with Gasteiger partial charge in [-0.1, -0.05) is 6.07 Å². The summed E-state index contributed by atoms with van der Waals surface area (Å²) in [5, 5.41) is 11.6. The molecule has 0 aliphatic carbocycles. The first-order valence-corrected chi connectivity index (χ1v) is 8.14. The van der Waals surface area contributed by atoms with Crippen molar-refractivity contribution in [1.29, 1.82) is 0 Å². The maximum Gasteiger partial charge on any atom is 0.573 e. The average Bonchev–Trinajstić information content (AvgIpc) is 2.65. The number of nitrogens with zero attached hydrogens (tertiary/aromatic N) is 1. The molecular weight excluding hydrogens is 506 g/mol. The van der Waals surface area contributed by atoms with Gasteiger partial charge in [0.1, 0.15) is 12.4 Å². The first-order chi connectivity index (χ1) is 13.3. The molecule has 0 bridgehead atoms. The van der Waals surface area contributed by atoms with Crippen LogP contribution in [0.4, 0.5) is 18.9 Å². The maximum atomic E-state index is 12.1. The summed E-state index contributed by atoms with van der Waals surface area (Å²) in [6.45, 7) is 0.281. The molecule has 160 valence electrons. The number of guanidine groups is 1. The fourth-order valence-corrected chi connectivity index (χ4v) is 2.19. The van der Waals surface area contributed by atoms with E-state index in [-0.39, 0.29) is 55.4 Å². The lowest BCUT2D eigenvalue weighted by atomic mass is 10.2. The minimum atomic E-state index is -4.74. The second-order valence-electron chi connectivity index (χ2n) is 5.46. The van der Waals surface area contributed by atoms with Crippen molar-refractivity contribution < 1.29 is 32.5 Å². The summed E-state index contributed by atoms with van der Waals surface area (Å²) in [5.41, 5.74) is 7.06. The maximum absolute atomic E-state index is 12.1. The number of aliphatic imine (C=N–C) groups is 1. The predicted octanol–water partition coefficient (Wildman–Crippen LogP) is 3.51. The summed E-state index contributed by atoms with van der Waals surface area (Å²) in [5.74, 6) is 0.748. The molecule has 0 heterocycles. The third-order valence-electron chi connectivity index (χ3n) is 3.37. The fraction of sp³-hybridized carbons (Fsp3) is 0.278. The van der Waals surface area contributed by atoms with Crippen LogP contribution in [0.5, 0.6) is 17.2 Å². The van der Waals surface area contributed by atoms with Crippen molar-refractivity contribution >= 4 is 35.6 Å². The summed E-state index contributed by atoms with van der Waals surface area (Å²) < 4.78 is 50.8. The van der Waals surface area contributed by atoms with E-state index in [1.807, 2.05) is 0 Å². The zero-order chi connectivity index (χ0) is 20.6. The fourth-order valence-electron chi connectivity index (χ4n) is 2.19. The van der Waals surface area contributed by atoms with Crippen LogP contribution in [0.1, 0.15) is 5.56 Å². The number of hydrogen-bond acceptors (Lipinski definition) is 5. The van der Waals surface area contributed by atoms with Gasteiger partial charge in [-0.15, -0.1) is 37.1 Å². The molecule has 2 aromatic carbocycles. The number of halogens is 4. The number of ether oxygens (including phenoxy) is 3. The number of alkyl halides is 3. The number of aliphatic hydroxyl groups is 1. The monoisotopic (exact) mass is 527 g/mol. The molecule has 0 spiro atoms. The average molecular weight is 527 g/mol. The molecule has 0 unspecified atom stereocenters. The highest BCUT2D eigenvalue weighted by atomic mass is 127.